The van der Waals surface area contributed by atoms with E-state index < -0.39 is 11.7 Å². The van der Waals surface area contributed by atoms with Crippen molar-refractivity contribution in [3.63, 3.8) is 0 Å². The van der Waals surface area contributed by atoms with Gasteiger partial charge in [0.1, 0.15) is 5.60 Å². The zero-order valence-electron chi connectivity index (χ0n) is 16.7. The third-order valence-electron chi connectivity index (χ3n) is 4.08. The minimum Gasteiger partial charge on any atom is -0.444 e. The van der Waals surface area contributed by atoms with E-state index in [2.05, 4.69) is 35.3 Å². The third-order valence-corrected chi connectivity index (χ3v) is 4.79. The van der Waals surface area contributed by atoms with Gasteiger partial charge in [-0.25, -0.2) is 4.79 Å². The largest absolute Gasteiger partial charge is 0.444 e. The fraction of sp³-hybridized carbons (Fsp3) is 0.650. The molecular weight excluding hydrogens is 407 g/mol. The van der Waals surface area contributed by atoms with Crippen molar-refractivity contribution in [3.8, 4) is 0 Å². The van der Waals surface area contributed by atoms with Crippen LogP contribution in [0.1, 0.15) is 38.3 Å². The minimum atomic E-state index is -0.528. The van der Waals surface area contributed by atoms with Gasteiger partial charge in [0.25, 0.3) is 0 Å². The first-order valence-corrected chi connectivity index (χ1v) is 10.8. The number of carbonyl (C=O) groups is 1. The van der Waals surface area contributed by atoms with Crippen molar-refractivity contribution in [2.24, 2.45) is 0 Å². The van der Waals surface area contributed by atoms with Gasteiger partial charge >= 0.3 is 6.09 Å². The highest BCUT2D eigenvalue weighted by atomic mass is 35.5. The Labute approximate surface area is 178 Å². The zero-order valence-corrected chi connectivity index (χ0v) is 18.9. The highest BCUT2D eigenvalue weighted by molar-refractivity contribution is 6.18. The number of ether oxygens (including phenoxy) is 1. The van der Waals surface area contributed by atoms with E-state index >= 15 is 0 Å². The Morgan fingerprint density at radius 3 is 2.33 bits per heavy atom. The van der Waals surface area contributed by atoms with Gasteiger partial charge in [0, 0.05) is 42.5 Å². The van der Waals surface area contributed by atoms with E-state index in [0.29, 0.717) is 17.6 Å². The fourth-order valence-corrected chi connectivity index (χ4v) is 3.33. The zero-order chi connectivity index (χ0) is 20.4. The lowest BCUT2D eigenvalue weighted by Gasteiger charge is -2.25. The molecule has 1 aromatic carbocycles. The van der Waals surface area contributed by atoms with Gasteiger partial charge in [-0.05, 0) is 63.8 Å². The Morgan fingerprint density at radius 2 is 1.81 bits per heavy atom. The summed E-state index contributed by atoms with van der Waals surface area (Å²) in [6, 6.07) is 6.23. The summed E-state index contributed by atoms with van der Waals surface area (Å²) in [4.78, 5) is 14.2. The number of amides is 1. The van der Waals surface area contributed by atoms with Crippen LogP contribution in [0.15, 0.2) is 18.2 Å². The van der Waals surface area contributed by atoms with Crippen molar-refractivity contribution in [1.82, 2.24) is 5.32 Å². The first-order valence-electron chi connectivity index (χ1n) is 9.22. The molecule has 1 aromatic rings. The quantitative estimate of drug-likeness (QED) is 0.502. The van der Waals surface area contributed by atoms with E-state index in [1.165, 1.54) is 11.1 Å². The van der Waals surface area contributed by atoms with Gasteiger partial charge in [-0.15, -0.1) is 34.8 Å². The molecule has 0 spiro atoms. The van der Waals surface area contributed by atoms with Crippen LogP contribution in [0.5, 0.6) is 0 Å². The maximum Gasteiger partial charge on any atom is 0.407 e. The maximum atomic E-state index is 12.0. The second-order valence-corrected chi connectivity index (χ2v) is 8.58. The molecule has 0 heterocycles. The number of rotatable bonds is 10. The number of anilines is 1. The number of alkyl halides is 3. The molecular formula is C20H31Cl3N2O2. The van der Waals surface area contributed by atoms with Crippen LogP contribution < -0.4 is 10.2 Å². The molecule has 27 heavy (non-hydrogen) atoms. The lowest BCUT2D eigenvalue weighted by molar-refractivity contribution is 0.0507. The lowest BCUT2D eigenvalue weighted by atomic mass is 10.0. The molecule has 0 aliphatic carbocycles. The predicted octanol–water partition coefficient (Wildman–Crippen LogP) is 5.34. The Hall–Kier alpha value is -0.840. The molecule has 0 aliphatic rings. The molecule has 1 rings (SSSR count). The average Bonchev–Trinajstić information content (AvgIpc) is 2.58. The van der Waals surface area contributed by atoms with Crippen LogP contribution >= 0.6 is 34.8 Å². The molecule has 154 valence electrons. The van der Waals surface area contributed by atoms with Crippen molar-refractivity contribution in [2.45, 2.75) is 52.2 Å². The van der Waals surface area contributed by atoms with Gasteiger partial charge in [-0.1, -0.05) is 6.07 Å². The number of halogens is 3. The van der Waals surface area contributed by atoms with Crippen LogP contribution in [0.3, 0.4) is 0 Å². The number of carbonyl (C=O) groups excluding carboxylic acids is 1. The Bertz CT molecular complexity index is 585. The number of nitrogens with zero attached hydrogens (tertiary/aromatic N) is 1. The number of nitrogens with one attached hydrogen (secondary N) is 1. The van der Waals surface area contributed by atoms with Crippen molar-refractivity contribution in [3.05, 3.63) is 29.3 Å². The van der Waals surface area contributed by atoms with Gasteiger partial charge in [0.15, 0.2) is 0 Å². The summed E-state index contributed by atoms with van der Waals surface area (Å²) >= 11 is 17.9. The summed E-state index contributed by atoms with van der Waals surface area (Å²) in [6.07, 6.45) is 1.11. The molecule has 1 amide bonds. The summed E-state index contributed by atoms with van der Waals surface area (Å²) in [5, 5.41) is 2.85. The molecule has 0 aliphatic heterocycles. The molecule has 0 unspecified atom stereocenters. The van der Waals surface area contributed by atoms with Crippen molar-refractivity contribution in [1.29, 1.82) is 0 Å². The summed E-state index contributed by atoms with van der Waals surface area (Å²) in [6.45, 7) is 9.10. The fourth-order valence-electron chi connectivity index (χ4n) is 2.69. The number of hydrogen-bond donors (Lipinski definition) is 1. The van der Waals surface area contributed by atoms with E-state index in [1.54, 1.807) is 0 Å². The van der Waals surface area contributed by atoms with Crippen LogP contribution in [0, 0.1) is 6.92 Å². The molecule has 0 radical (unpaired) electrons. The monoisotopic (exact) mass is 436 g/mol. The normalized spacial score (nSPS) is 12.6. The van der Waals surface area contributed by atoms with Crippen molar-refractivity contribution < 1.29 is 9.53 Å². The first kappa shape index (κ1) is 24.2. The van der Waals surface area contributed by atoms with Crippen LogP contribution in [0.2, 0.25) is 0 Å². The van der Waals surface area contributed by atoms with E-state index in [0.717, 1.165) is 31.6 Å². The van der Waals surface area contributed by atoms with Gasteiger partial charge in [0.05, 0.1) is 0 Å². The van der Waals surface area contributed by atoms with Gasteiger partial charge in [-0.2, -0.15) is 0 Å². The predicted molar refractivity (Wildman–Crippen MR) is 117 cm³/mol. The minimum absolute atomic E-state index is 0.147. The SMILES string of the molecule is Cc1ccc(N(CCCl)CCCl)cc1CC[C@H](CCl)NC(=O)OC(C)(C)C. The third kappa shape index (κ3) is 9.27. The Kier molecular flexibility index (Phi) is 10.6. The number of hydrogen-bond acceptors (Lipinski definition) is 3. The standard InChI is InChI=1S/C20H31Cl3N2O2/c1-15-5-8-18(25(11-9-21)12-10-22)13-16(15)6-7-17(14-23)24-19(26)27-20(2,3)4/h5,8,13,17H,6-7,9-12,14H2,1-4H3,(H,24,26)/t17-/m1/s1. The molecule has 0 saturated carbocycles. The molecule has 7 heteroatoms. The number of aryl methyl sites for hydroxylation is 2. The molecule has 0 fully saturated rings. The second-order valence-electron chi connectivity index (χ2n) is 7.51. The van der Waals surface area contributed by atoms with Crippen LogP contribution in [0.4, 0.5) is 10.5 Å². The molecule has 0 aromatic heterocycles. The van der Waals surface area contributed by atoms with Crippen molar-refractivity contribution >= 4 is 46.6 Å². The van der Waals surface area contributed by atoms with E-state index in [1.807, 2.05) is 20.8 Å². The van der Waals surface area contributed by atoms with Crippen molar-refractivity contribution in [2.75, 3.05) is 35.6 Å². The Morgan fingerprint density at radius 1 is 1.19 bits per heavy atom. The average molecular weight is 438 g/mol. The maximum absolute atomic E-state index is 12.0. The molecule has 0 saturated heterocycles. The molecule has 0 bridgehead atoms. The van der Waals surface area contributed by atoms with E-state index in [-0.39, 0.29) is 6.04 Å². The summed E-state index contributed by atoms with van der Waals surface area (Å²) in [5.41, 5.74) is 3.02. The highest BCUT2D eigenvalue weighted by Gasteiger charge is 2.19. The molecule has 4 nitrogen and oxygen atoms in total. The number of benzene rings is 1. The van der Waals surface area contributed by atoms with Gasteiger partial charge in [0.2, 0.25) is 0 Å². The Balaban J connectivity index is 2.76. The van der Waals surface area contributed by atoms with E-state index in [4.69, 9.17) is 39.5 Å². The summed E-state index contributed by atoms with van der Waals surface area (Å²) < 4.78 is 5.31. The van der Waals surface area contributed by atoms with E-state index in [9.17, 15) is 4.79 Å². The first-order chi connectivity index (χ1) is 12.7. The highest BCUT2D eigenvalue weighted by Crippen LogP contribution is 2.21. The lowest BCUT2D eigenvalue weighted by Crippen LogP contribution is -2.40. The molecule has 1 N–H and O–H groups in total. The van der Waals surface area contributed by atoms with Gasteiger partial charge in [-0.3, -0.25) is 0 Å². The summed E-state index contributed by atoms with van der Waals surface area (Å²) in [5.74, 6) is 1.44. The topological polar surface area (TPSA) is 41.6 Å². The smallest absolute Gasteiger partial charge is 0.407 e. The van der Waals surface area contributed by atoms with Crippen LogP contribution in [-0.2, 0) is 11.2 Å². The van der Waals surface area contributed by atoms with Crippen LogP contribution in [-0.4, -0.2) is 48.5 Å². The second kappa shape index (κ2) is 11.9. The number of alkyl carbamates (subject to hydrolysis) is 1. The van der Waals surface area contributed by atoms with Gasteiger partial charge < -0.3 is 15.0 Å². The summed E-state index contributed by atoms with van der Waals surface area (Å²) in [7, 11) is 0. The van der Waals surface area contributed by atoms with Crippen LogP contribution in [0.25, 0.3) is 0 Å². The molecule has 1 atom stereocenters.